The zero-order chi connectivity index (χ0) is 13.3. The lowest BCUT2D eigenvalue weighted by molar-refractivity contribution is 0.494. The number of aryl methyl sites for hydroxylation is 1. The Bertz CT molecular complexity index is 507. The van der Waals surface area contributed by atoms with Gasteiger partial charge in [-0.25, -0.2) is 0 Å². The molecule has 2 N–H and O–H groups in total. The van der Waals surface area contributed by atoms with Gasteiger partial charge in [-0.1, -0.05) is 6.07 Å². The van der Waals surface area contributed by atoms with Gasteiger partial charge in [0.05, 0.1) is 5.69 Å². The van der Waals surface area contributed by atoms with Gasteiger partial charge in [0.2, 0.25) is 0 Å². The minimum absolute atomic E-state index is 0.512. The Balaban J connectivity index is 2.94. The van der Waals surface area contributed by atoms with Crippen LogP contribution in [0, 0.1) is 6.92 Å². The molecule has 17 heavy (non-hydrogen) atoms. The summed E-state index contributed by atoms with van der Waals surface area (Å²) in [6.07, 6.45) is 0. The predicted octanol–water partition coefficient (Wildman–Crippen LogP) is 2.80. The fourth-order valence-electron chi connectivity index (χ4n) is 1.29. The van der Waals surface area contributed by atoms with Gasteiger partial charge in [0, 0.05) is 10.0 Å². The molecule has 6 heteroatoms. The molecule has 0 fully saturated rings. The van der Waals surface area contributed by atoms with Crippen molar-refractivity contribution in [3.63, 3.8) is 0 Å². The van der Waals surface area contributed by atoms with Gasteiger partial charge < -0.3 is 0 Å². The molecule has 0 aliphatic carbocycles. The first-order valence-corrected chi connectivity index (χ1v) is 7.44. The van der Waals surface area contributed by atoms with Gasteiger partial charge in [-0.3, -0.25) is 4.72 Å². The van der Waals surface area contributed by atoms with Crippen LogP contribution in [-0.2, 0) is 10.2 Å². The Kier molecular flexibility index (Phi) is 4.22. The number of rotatable bonds is 3. The number of benzene rings is 1. The third-order valence-corrected chi connectivity index (χ3v) is 3.87. The largest absolute Gasteiger partial charge is 0.299 e. The molecule has 0 saturated heterocycles. The highest BCUT2D eigenvalue weighted by Gasteiger charge is 2.20. The molecule has 0 heterocycles. The molecule has 0 radical (unpaired) electrons. The van der Waals surface area contributed by atoms with Crippen molar-refractivity contribution in [1.29, 1.82) is 0 Å². The highest BCUT2D eigenvalue weighted by atomic mass is 79.9. The van der Waals surface area contributed by atoms with Crippen LogP contribution in [0.4, 0.5) is 5.69 Å². The molecule has 0 aliphatic heterocycles. The molecule has 4 nitrogen and oxygen atoms in total. The minimum atomic E-state index is -3.56. The average Bonchev–Trinajstić information content (AvgIpc) is 2.06. The molecule has 0 atom stereocenters. The van der Waals surface area contributed by atoms with Gasteiger partial charge in [0.15, 0.2) is 0 Å². The molecule has 0 aromatic heterocycles. The molecule has 0 bridgehead atoms. The first kappa shape index (κ1) is 14.5. The van der Waals surface area contributed by atoms with E-state index in [0.717, 1.165) is 5.56 Å². The summed E-state index contributed by atoms with van der Waals surface area (Å²) in [5.74, 6) is 0. The van der Waals surface area contributed by atoms with E-state index in [0.29, 0.717) is 10.2 Å². The lowest BCUT2D eigenvalue weighted by atomic mass is 10.1. The van der Waals surface area contributed by atoms with Crippen LogP contribution in [0.1, 0.15) is 26.3 Å². The second-order valence-corrected chi connectivity index (χ2v) is 7.21. The normalized spacial score (nSPS) is 12.5. The third-order valence-electron chi connectivity index (χ3n) is 1.81. The highest BCUT2D eigenvalue weighted by Crippen LogP contribution is 2.24. The van der Waals surface area contributed by atoms with Crippen molar-refractivity contribution in [2.45, 2.75) is 33.2 Å². The fraction of sp³-hybridized carbons (Fsp3) is 0.455. The van der Waals surface area contributed by atoms with Gasteiger partial charge in [-0.2, -0.15) is 13.1 Å². The molecule has 1 aromatic carbocycles. The first-order chi connectivity index (χ1) is 7.59. The fourth-order valence-corrected chi connectivity index (χ4v) is 3.08. The van der Waals surface area contributed by atoms with Crippen LogP contribution in [0.2, 0.25) is 0 Å². The van der Waals surface area contributed by atoms with Crippen molar-refractivity contribution < 1.29 is 8.42 Å². The zero-order valence-electron chi connectivity index (χ0n) is 10.3. The van der Waals surface area contributed by atoms with Crippen molar-refractivity contribution in [3.8, 4) is 0 Å². The molecular formula is C11H17BrN2O2S. The monoisotopic (exact) mass is 320 g/mol. The average molecular weight is 321 g/mol. The van der Waals surface area contributed by atoms with E-state index < -0.39 is 15.7 Å². The van der Waals surface area contributed by atoms with E-state index in [-0.39, 0.29) is 0 Å². The minimum Gasteiger partial charge on any atom is -0.270 e. The molecule has 0 aliphatic rings. The molecule has 1 aromatic rings. The number of hydrogen-bond acceptors (Lipinski definition) is 2. The molecule has 0 unspecified atom stereocenters. The van der Waals surface area contributed by atoms with Gasteiger partial charge in [0.25, 0.3) is 10.2 Å². The smallest absolute Gasteiger partial charge is 0.270 e. The lowest BCUT2D eigenvalue weighted by Gasteiger charge is -2.21. The standard InChI is InChI=1S/C11H17BrN2O2S/c1-8-5-6-9(12)10(7-8)13-17(15,16)14-11(2,3)4/h5-7,13-14H,1-4H3. The van der Waals surface area contributed by atoms with E-state index in [1.165, 1.54) is 0 Å². The summed E-state index contributed by atoms with van der Waals surface area (Å²) in [6.45, 7) is 7.27. The maximum Gasteiger partial charge on any atom is 0.299 e. The van der Waals surface area contributed by atoms with E-state index in [1.807, 2.05) is 19.1 Å². The molecule has 0 spiro atoms. The topological polar surface area (TPSA) is 58.2 Å². The third kappa shape index (κ3) is 5.06. The SMILES string of the molecule is Cc1ccc(Br)c(NS(=O)(=O)NC(C)(C)C)c1. The van der Waals surface area contributed by atoms with E-state index in [9.17, 15) is 8.42 Å². The van der Waals surface area contributed by atoms with Crippen molar-refractivity contribution in [1.82, 2.24) is 4.72 Å². The second-order valence-electron chi connectivity index (χ2n) is 4.94. The van der Waals surface area contributed by atoms with Crippen LogP contribution in [0.25, 0.3) is 0 Å². The van der Waals surface area contributed by atoms with Crippen LogP contribution >= 0.6 is 15.9 Å². The van der Waals surface area contributed by atoms with Crippen molar-refractivity contribution in [3.05, 3.63) is 28.2 Å². The first-order valence-electron chi connectivity index (χ1n) is 5.17. The summed E-state index contributed by atoms with van der Waals surface area (Å²) < 4.78 is 29.4. The summed E-state index contributed by atoms with van der Waals surface area (Å²) in [6, 6.07) is 5.48. The van der Waals surface area contributed by atoms with Crippen molar-refractivity contribution in [2.24, 2.45) is 0 Å². The molecular weight excluding hydrogens is 304 g/mol. The maximum atomic E-state index is 11.8. The summed E-state index contributed by atoms with van der Waals surface area (Å²) in [5.41, 5.74) is 1.01. The Morgan fingerprint density at radius 2 is 1.82 bits per heavy atom. The molecule has 0 saturated carbocycles. The van der Waals surface area contributed by atoms with Gasteiger partial charge in [-0.15, -0.1) is 0 Å². The second kappa shape index (κ2) is 4.96. The Labute approximate surface area is 111 Å². The van der Waals surface area contributed by atoms with E-state index in [1.54, 1.807) is 26.8 Å². The Morgan fingerprint density at radius 1 is 1.24 bits per heavy atom. The van der Waals surface area contributed by atoms with Crippen molar-refractivity contribution >= 4 is 31.8 Å². The van der Waals surface area contributed by atoms with E-state index >= 15 is 0 Å². The maximum absolute atomic E-state index is 11.8. The van der Waals surface area contributed by atoms with Crippen LogP contribution in [0.3, 0.4) is 0 Å². The zero-order valence-corrected chi connectivity index (χ0v) is 12.7. The van der Waals surface area contributed by atoms with Crippen molar-refractivity contribution in [2.75, 3.05) is 4.72 Å². The van der Waals surface area contributed by atoms with Gasteiger partial charge >= 0.3 is 0 Å². The van der Waals surface area contributed by atoms with E-state index in [4.69, 9.17) is 0 Å². The molecule has 1 rings (SSSR count). The number of hydrogen-bond donors (Lipinski definition) is 2. The van der Waals surface area contributed by atoms with Crippen LogP contribution in [0.15, 0.2) is 22.7 Å². The van der Waals surface area contributed by atoms with Gasteiger partial charge in [-0.05, 0) is 61.3 Å². The number of nitrogens with one attached hydrogen (secondary N) is 2. The van der Waals surface area contributed by atoms with E-state index in [2.05, 4.69) is 25.4 Å². The number of halogens is 1. The molecule has 0 amide bonds. The molecule has 96 valence electrons. The number of anilines is 1. The summed E-state index contributed by atoms with van der Waals surface area (Å²) >= 11 is 3.31. The Morgan fingerprint density at radius 3 is 2.35 bits per heavy atom. The summed E-state index contributed by atoms with van der Waals surface area (Å²) in [4.78, 5) is 0. The van der Waals surface area contributed by atoms with Crippen LogP contribution < -0.4 is 9.44 Å². The predicted molar refractivity (Wildman–Crippen MR) is 74.3 cm³/mol. The highest BCUT2D eigenvalue weighted by molar-refractivity contribution is 9.10. The Hall–Kier alpha value is -0.590. The summed E-state index contributed by atoms with van der Waals surface area (Å²) in [5, 5.41) is 0. The lowest BCUT2D eigenvalue weighted by Crippen LogP contribution is -2.43. The van der Waals surface area contributed by atoms with Crippen LogP contribution in [-0.4, -0.2) is 14.0 Å². The van der Waals surface area contributed by atoms with Gasteiger partial charge in [0.1, 0.15) is 0 Å². The van der Waals surface area contributed by atoms with Crippen LogP contribution in [0.5, 0.6) is 0 Å². The quantitative estimate of drug-likeness (QED) is 0.899. The summed E-state index contributed by atoms with van der Waals surface area (Å²) in [7, 11) is -3.56.